The number of carboxylic acid groups (broad SMARTS) is 4. The van der Waals surface area contributed by atoms with Crippen LogP contribution in [0.4, 0.5) is 17.6 Å². The largest absolute Gasteiger partial charge is 0.480 e. The molecule has 1 aromatic carbocycles. The van der Waals surface area contributed by atoms with E-state index in [2.05, 4.69) is 4.74 Å². The summed E-state index contributed by atoms with van der Waals surface area (Å²) in [5.41, 5.74) is 0.421. The lowest BCUT2D eigenvalue weighted by atomic mass is 10.0. The van der Waals surface area contributed by atoms with Gasteiger partial charge in [0, 0.05) is 59.5 Å². The van der Waals surface area contributed by atoms with Gasteiger partial charge >= 0.3 is 23.9 Å². The fourth-order valence-corrected chi connectivity index (χ4v) is 4.95. The second kappa shape index (κ2) is 19.2. The summed E-state index contributed by atoms with van der Waals surface area (Å²) < 4.78 is 61.3. The summed E-state index contributed by atoms with van der Waals surface area (Å²) in [5.74, 6) is -4.95. The van der Waals surface area contributed by atoms with Gasteiger partial charge in [-0.25, -0.2) is 13.2 Å². The maximum atomic E-state index is 13.7. The molecule has 0 spiro atoms. The molecule has 0 amide bonds. The Balaban J connectivity index is 2.31. The van der Waals surface area contributed by atoms with Crippen molar-refractivity contribution in [2.24, 2.45) is 0 Å². The highest BCUT2D eigenvalue weighted by Gasteiger charge is 2.32. The molecule has 0 aromatic heterocycles. The van der Waals surface area contributed by atoms with Gasteiger partial charge in [-0.05, 0) is 24.1 Å². The van der Waals surface area contributed by atoms with Gasteiger partial charge in [0.05, 0.1) is 19.7 Å². The molecule has 46 heavy (non-hydrogen) atoms. The molecule has 4 N–H and O–H groups in total. The molecule has 1 saturated heterocycles. The summed E-state index contributed by atoms with van der Waals surface area (Å²) in [6.45, 7) is -0.327. The third-order valence-corrected chi connectivity index (χ3v) is 7.40. The maximum Gasteiger partial charge on any atom is 0.323 e. The van der Waals surface area contributed by atoms with Gasteiger partial charge in [-0.15, -0.1) is 0 Å². The van der Waals surface area contributed by atoms with Crippen molar-refractivity contribution in [1.29, 1.82) is 0 Å². The number of carbonyl (C=O) groups is 4. The minimum atomic E-state index is -3.58. The van der Waals surface area contributed by atoms with Gasteiger partial charge in [-0.2, -0.15) is 4.39 Å². The summed E-state index contributed by atoms with van der Waals surface area (Å²) in [4.78, 5) is 53.9. The van der Waals surface area contributed by atoms with Crippen LogP contribution in [-0.2, 0) is 30.3 Å². The third kappa shape index (κ3) is 13.0. The number of hydrogen-bond acceptors (Lipinski definition) is 10. The lowest BCUT2D eigenvalue weighted by molar-refractivity contribution is -0.146. The van der Waals surface area contributed by atoms with Crippen molar-refractivity contribution in [3.63, 3.8) is 0 Å². The molecule has 2 rings (SSSR count). The van der Waals surface area contributed by atoms with Crippen LogP contribution in [0.25, 0.3) is 0 Å². The lowest BCUT2D eigenvalue weighted by Gasteiger charge is -2.36. The molecule has 260 valence electrons. The molecule has 18 heteroatoms. The van der Waals surface area contributed by atoms with E-state index in [9.17, 15) is 57.2 Å². The van der Waals surface area contributed by atoms with Crippen LogP contribution in [0.5, 0.6) is 5.75 Å². The zero-order chi connectivity index (χ0) is 34.4. The van der Waals surface area contributed by atoms with Crippen LogP contribution in [0, 0.1) is 0 Å². The Kier molecular flexibility index (Phi) is 16.1. The van der Waals surface area contributed by atoms with Gasteiger partial charge in [0.25, 0.3) is 12.8 Å². The predicted octanol–water partition coefficient (Wildman–Crippen LogP) is 0.450. The summed E-state index contributed by atoms with van der Waals surface area (Å²) in [7, 11) is 1.34. The van der Waals surface area contributed by atoms with Crippen molar-refractivity contribution in [3.8, 4) is 5.75 Å². The summed E-state index contributed by atoms with van der Waals surface area (Å²) >= 11 is 0. The number of rotatable bonds is 16. The first-order valence-corrected chi connectivity index (χ1v) is 14.3. The number of benzene rings is 1. The number of aliphatic carboxylic acids is 4. The highest BCUT2D eigenvalue weighted by atomic mass is 19.3. The second-order valence-electron chi connectivity index (χ2n) is 10.7. The van der Waals surface area contributed by atoms with E-state index in [-0.39, 0.29) is 71.1 Å². The molecular formula is C28H40F4N4O10. The van der Waals surface area contributed by atoms with E-state index in [0.29, 0.717) is 5.56 Å². The smallest absolute Gasteiger partial charge is 0.323 e. The van der Waals surface area contributed by atoms with Crippen molar-refractivity contribution in [3.05, 3.63) is 29.8 Å². The fourth-order valence-electron chi connectivity index (χ4n) is 4.95. The van der Waals surface area contributed by atoms with Crippen LogP contribution in [0.3, 0.4) is 0 Å². The van der Waals surface area contributed by atoms with Crippen LogP contribution < -0.4 is 4.74 Å². The molecule has 0 saturated carbocycles. The van der Waals surface area contributed by atoms with Gasteiger partial charge in [-0.1, -0.05) is 12.1 Å². The Labute approximate surface area is 262 Å². The first kappa shape index (κ1) is 38.6. The topological polar surface area (TPSA) is 181 Å². The monoisotopic (exact) mass is 668 g/mol. The number of methoxy groups -OCH3 is 1. The first-order chi connectivity index (χ1) is 21.7. The number of halogens is 4. The molecule has 1 aliphatic rings. The summed E-state index contributed by atoms with van der Waals surface area (Å²) in [5, 5.41) is 38.9. The van der Waals surface area contributed by atoms with E-state index >= 15 is 0 Å². The molecule has 1 fully saturated rings. The van der Waals surface area contributed by atoms with Gasteiger partial charge in [0.2, 0.25) is 6.17 Å². The van der Waals surface area contributed by atoms with E-state index in [0.717, 1.165) is 0 Å². The van der Waals surface area contributed by atoms with Gasteiger partial charge < -0.3 is 29.9 Å². The Morgan fingerprint density at radius 1 is 0.717 bits per heavy atom. The Bertz CT molecular complexity index is 1100. The van der Waals surface area contributed by atoms with Gasteiger partial charge in [-0.3, -0.25) is 38.8 Å². The van der Waals surface area contributed by atoms with Gasteiger partial charge in [0.15, 0.2) is 0 Å². The van der Waals surface area contributed by atoms with Crippen molar-refractivity contribution < 1.29 is 66.6 Å². The average molecular weight is 669 g/mol. The summed E-state index contributed by atoms with van der Waals surface area (Å²) in [6.07, 6.45) is -9.76. The number of ether oxygens (including phenoxy) is 2. The van der Waals surface area contributed by atoms with Crippen LogP contribution in [-0.4, -0.2) is 174 Å². The number of hydrogen-bond donors (Lipinski definition) is 4. The minimum Gasteiger partial charge on any atom is -0.480 e. The number of carboxylic acids is 4. The highest BCUT2D eigenvalue weighted by Crippen LogP contribution is 2.21. The van der Waals surface area contributed by atoms with Crippen LogP contribution >= 0.6 is 0 Å². The highest BCUT2D eigenvalue weighted by molar-refractivity contribution is 5.74. The molecule has 4 unspecified atom stereocenters. The molecule has 1 aliphatic heterocycles. The molecule has 4 atom stereocenters. The van der Waals surface area contributed by atoms with E-state index in [1.165, 1.54) is 31.4 Å². The molecule has 0 radical (unpaired) electrons. The van der Waals surface area contributed by atoms with Crippen molar-refractivity contribution in [2.45, 2.75) is 37.5 Å². The molecule has 14 nitrogen and oxygen atoms in total. The van der Waals surface area contributed by atoms with Crippen molar-refractivity contribution in [2.75, 3.05) is 79.2 Å². The van der Waals surface area contributed by atoms with Crippen molar-refractivity contribution >= 4 is 23.9 Å². The molecular weight excluding hydrogens is 628 g/mol. The number of alkyl halides is 4. The third-order valence-electron chi connectivity index (χ3n) is 7.40. The second-order valence-corrected chi connectivity index (χ2v) is 10.7. The zero-order valence-corrected chi connectivity index (χ0v) is 25.2. The molecule has 1 aromatic rings. The quantitative estimate of drug-likeness (QED) is 0.178. The SMILES string of the molecule is COCC(C(=O)O)N1CCN(CC(=O)O)CCN(C(Cc2ccc(OC(F)C(F)C(F)F)cc2)C(=O)O)CCN(CC(=O)O)CC1. The van der Waals surface area contributed by atoms with E-state index in [1.54, 1.807) is 19.6 Å². The molecule has 0 aliphatic carbocycles. The predicted molar refractivity (Wildman–Crippen MR) is 153 cm³/mol. The Morgan fingerprint density at radius 3 is 1.52 bits per heavy atom. The van der Waals surface area contributed by atoms with E-state index < -0.39 is 68.0 Å². The van der Waals surface area contributed by atoms with Crippen molar-refractivity contribution in [1.82, 2.24) is 19.6 Å². The first-order valence-electron chi connectivity index (χ1n) is 14.3. The van der Waals surface area contributed by atoms with E-state index in [4.69, 9.17) is 4.74 Å². The van der Waals surface area contributed by atoms with Crippen LogP contribution in [0.15, 0.2) is 24.3 Å². The molecule has 0 bridgehead atoms. The fraction of sp³-hybridized carbons (Fsp3) is 0.643. The Hall–Kier alpha value is -3.58. The minimum absolute atomic E-state index is 0.0435. The maximum absolute atomic E-state index is 13.7. The van der Waals surface area contributed by atoms with Crippen LogP contribution in [0.1, 0.15) is 5.56 Å². The molecule has 1 heterocycles. The van der Waals surface area contributed by atoms with Crippen LogP contribution in [0.2, 0.25) is 0 Å². The van der Waals surface area contributed by atoms with Gasteiger partial charge in [0.1, 0.15) is 17.8 Å². The standard InChI is InChI=1S/C28H40F4N4O10/c1-45-17-21(28(43)44)36-12-8-33(15-22(37)38)6-10-35(11-7-34(9-13-36)16-23(39)40)20(27(41)42)14-18-2-4-19(5-3-18)46-26(32)24(29)25(30)31/h2-5,20-21,24-26H,6-17H2,1H3,(H,37,38)(H,39,40)(H,41,42)(H,43,44). The zero-order valence-electron chi connectivity index (χ0n) is 25.2. The average Bonchev–Trinajstić information content (AvgIpc) is 2.97. The normalized spacial score (nSPS) is 19.3. The number of nitrogens with zero attached hydrogens (tertiary/aromatic N) is 4. The van der Waals surface area contributed by atoms with E-state index in [1.807, 2.05) is 0 Å². The lowest BCUT2D eigenvalue weighted by Crippen LogP contribution is -2.54. The Morgan fingerprint density at radius 2 is 1.15 bits per heavy atom. The summed E-state index contributed by atoms with van der Waals surface area (Å²) in [6, 6.07) is 2.83.